The minimum absolute atomic E-state index is 0.312. The lowest BCUT2D eigenvalue weighted by Crippen LogP contribution is -2.38. The van der Waals surface area contributed by atoms with Crippen LogP contribution >= 0.6 is 0 Å². The van der Waals surface area contributed by atoms with Crippen LogP contribution in [0.4, 0.5) is 5.69 Å². The van der Waals surface area contributed by atoms with Gasteiger partial charge in [-0.05, 0) is 50.3 Å². The molecular weight excluding hydrogens is 350 g/mol. The Morgan fingerprint density at radius 2 is 1.93 bits per heavy atom. The predicted octanol–water partition coefficient (Wildman–Crippen LogP) is 2.64. The van der Waals surface area contributed by atoms with Crippen molar-refractivity contribution in [3.8, 4) is 0 Å². The van der Waals surface area contributed by atoms with Crippen LogP contribution in [0.2, 0.25) is 0 Å². The first-order valence-electron chi connectivity index (χ1n) is 10.7. The molecule has 1 saturated heterocycles. The van der Waals surface area contributed by atoms with Crippen molar-refractivity contribution in [1.82, 2.24) is 15.5 Å². The molecule has 156 valence electrons. The standard InChI is InChI=1S/C22H37N5O/c1-4-23-22(24-15-8-18-27-17-7-5-6-9-21(27)28)25-16-14-19-10-12-20(13-11-19)26(2)3/h10-13H,4-9,14-18H2,1-3H3,(H2,23,24,25). The van der Waals surface area contributed by atoms with Crippen LogP contribution in [0.15, 0.2) is 29.3 Å². The van der Waals surface area contributed by atoms with Gasteiger partial charge in [-0.1, -0.05) is 18.6 Å². The van der Waals surface area contributed by atoms with Crippen molar-refractivity contribution in [2.24, 2.45) is 4.99 Å². The van der Waals surface area contributed by atoms with Crippen molar-refractivity contribution in [3.05, 3.63) is 29.8 Å². The van der Waals surface area contributed by atoms with Gasteiger partial charge in [0.25, 0.3) is 0 Å². The van der Waals surface area contributed by atoms with Gasteiger partial charge in [0.1, 0.15) is 0 Å². The zero-order chi connectivity index (χ0) is 20.2. The van der Waals surface area contributed by atoms with E-state index in [1.165, 1.54) is 17.7 Å². The molecule has 6 nitrogen and oxygen atoms in total. The number of likely N-dealkylation sites (tertiary alicyclic amines) is 1. The third-order valence-electron chi connectivity index (χ3n) is 5.03. The van der Waals surface area contributed by atoms with E-state index in [0.29, 0.717) is 12.3 Å². The molecular formula is C22H37N5O. The smallest absolute Gasteiger partial charge is 0.222 e. The average molecular weight is 388 g/mol. The fourth-order valence-electron chi connectivity index (χ4n) is 3.36. The van der Waals surface area contributed by atoms with E-state index in [2.05, 4.69) is 65.8 Å². The molecule has 1 aliphatic rings. The molecule has 0 spiro atoms. The van der Waals surface area contributed by atoms with E-state index < -0.39 is 0 Å². The molecule has 0 unspecified atom stereocenters. The number of benzene rings is 1. The third kappa shape index (κ3) is 7.79. The highest BCUT2D eigenvalue weighted by atomic mass is 16.2. The SMILES string of the molecule is CCNC(=NCCCN1CCCCCC1=O)NCCc1ccc(N(C)C)cc1. The molecule has 1 aromatic rings. The van der Waals surface area contributed by atoms with Gasteiger partial charge >= 0.3 is 0 Å². The lowest BCUT2D eigenvalue weighted by Gasteiger charge is -2.20. The van der Waals surface area contributed by atoms with Crippen LogP contribution in [0.5, 0.6) is 0 Å². The number of nitrogens with one attached hydrogen (secondary N) is 2. The summed E-state index contributed by atoms with van der Waals surface area (Å²) in [4.78, 5) is 20.8. The number of carbonyl (C=O) groups is 1. The predicted molar refractivity (Wildman–Crippen MR) is 118 cm³/mol. The van der Waals surface area contributed by atoms with E-state index in [1.807, 2.05) is 4.90 Å². The number of anilines is 1. The zero-order valence-electron chi connectivity index (χ0n) is 17.8. The van der Waals surface area contributed by atoms with Crippen molar-refractivity contribution < 1.29 is 4.79 Å². The first-order valence-corrected chi connectivity index (χ1v) is 10.7. The molecule has 1 fully saturated rings. The maximum absolute atomic E-state index is 12.0. The maximum atomic E-state index is 12.0. The molecule has 2 rings (SSSR count). The lowest BCUT2D eigenvalue weighted by atomic mass is 10.1. The van der Waals surface area contributed by atoms with Crippen LogP contribution in [-0.2, 0) is 11.2 Å². The highest BCUT2D eigenvalue weighted by Gasteiger charge is 2.15. The normalized spacial score (nSPS) is 15.3. The monoisotopic (exact) mass is 387 g/mol. The van der Waals surface area contributed by atoms with Crippen LogP contribution < -0.4 is 15.5 Å². The van der Waals surface area contributed by atoms with E-state index in [1.54, 1.807) is 0 Å². The van der Waals surface area contributed by atoms with E-state index in [-0.39, 0.29) is 0 Å². The average Bonchev–Trinajstić information content (AvgIpc) is 2.89. The first kappa shape index (κ1) is 22.1. The van der Waals surface area contributed by atoms with Crippen molar-refractivity contribution in [2.45, 2.75) is 45.4 Å². The van der Waals surface area contributed by atoms with Gasteiger partial charge in [0.2, 0.25) is 5.91 Å². The largest absolute Gasteiger partial charge is 0.378 e. The molecule has 0 aliphatic carbocycles. The second kappa shape index (κ2) is 12.3. The second-order valence-corrected chi connectivity index (χ2v) is 7.54. The quantitative estimate of drug-likeness (QED) is 0.389. The molecule has 28 heavy (non-hydrogen) atoms. The van der Waals surface area contributed by atoms with Crippen molar-refractivity contribution in [1.29, 1.82) is 0 Å². The number of carbonyl (C=O) groups excluding carboxylic acids is 1. The Bertz CT molecular complexity index is 612. The van der Waals surface area contributed by atoms with E-state index >= 15 is 0 Å². The Labute approximate surface area is 170 Å². The molecule has 6 heteroatoms. The molecule has 1 heterocycles. The van der Waals surface area contributed by atoms with E-state index in [4.69, 9.17) is 0 Å². The summed E-state index contributed by atoms with van der Waals surface area (Å²) in [6.07, 6.45) is 5.93. The summed E-state index contributed by atoms with van der Waals surface area (Å²) >= 11 is 0. The Balaban J connectivity index is 1.72. The molecule has 0 atom stereocenters. The summed E-state index contributed by atoms with van der Waals surface area (Å²) in [6.45, 7) is 6.23. The van der Waals surface area contributed by atoms with Gasteiger partial charge in [0.15, 0.2) is 5.96 Å². The van der Waals surface area contributed by atoms with Crippen LogP contribution in [0, 0.1) is 0 Å². The number of hydrogen-bond acceptors (Lipinski definition) is 3. The van der Waals surface area contributed by atoms with Gasteiger partial charge in [-0.3, -0.25) is 9.79 Å². The minimum atomic E-state index is 0.312. The highest BCUT2D eigenvalue weighted by molar-refractivity contribution is 5.79. The molecule has 1 aromatic carbocycles. The number of amides is 1. The van der Waals surface area contributed by atoms with Crippen LogP contribution in [0.25, 0.3) is 0 Å². The minimum Gasteiger partial charge on any atom is -0.378 e. The summed E-state index contributed by atoms with van der Waals surface area (Å²) in [5.41, 5.74) is 2.53. The third-order valence-corrected chi connectivity index (χ3v) is 5.03. The molecule has 2 N–H and O–H groups in total. The topological polar surface area (TPSA) is 60.0 Å². The number of nitrogens with zero attached hydrogens (tertiary/aromatic N) is 3. The Morgan fingerprint density at radius 3 is 2.64 bits per heavy atom. The van der Waals surface area contributed by atoms with Crippen LogP contribution in [-0.4, -0.2) is 63.6 Å². The second-order valence-electron chi connectivity index (χ2n) is 7.54. The van der Waals surface area contributed by atoms with E-state index in [9.17, 15) is 4.79 Å². The Kier molecular flexibility index (Phi) is 9.66. The van der Waals surface area contributed by atoms with Gasteiger partial charge in [-0.15, -0.1) is 0 Å². The Morgan fingerprint density at radius 1 is 1.14 bits per heavy atom. The van der Waals surface area contributed by atoms with E-state index in [0.717, 1.165) is 64.4 Å². The van der Waals surface area contributed by atoms with Crippen molar-refractivity contribution >= 4 is 17.6 Å². The zero-order valence-corrected chi connectivity index (χ0v) is 17.8. The molecule has 0 radical (unpaired) electrons. The van der Waals surface area contributed by atoms with Crippen molar-refractivity contribution in [2.75, 3.05) is 51.7 Å². The molecule has 0 saturated carbocycles. The molecule has 1 amide bonds. The van der Waals surface area contributed by atoms with Crippen LogP contribution in [0.1, 0.15) is 44.6 Å². The summed E-state index contributed by atoms with van der Waals surface area (Å²) in [7, 11) is 4.11. The number of rotatable bonds is 9. The first-order chi connectivity index (χ1) is 13.6. The Hall–Kier alpha value is -2.24. The summed E-state index contributed by atoms with van der Waals surface area (Å²) in [5, 5.41) is 6.71. The van der Waals surface area contributed by atoms with Gasteiger partial charge in [0, 0.05) is 58.9 Å². The van der Waals surface area contributed by atoms with Gasteiger partial charge in [-0.25, -0.2) is 0 Å². The number of guanidine groups is 1. The summed E-state index contributed by atoms with van der Waals surface area (Å²) in [6, 6.07) is 8.66. The highest BCUT2D eigenvalue weighted by Crippen LogP contribution is 2.12. The summed E-state index contributed by atoms with van der Waals surface area (Å²) < 4.78 is 0. The van der Waals surface area contributed by atoms with Crippen LogP contribution in [0.3, 0.4) is 0 Å². The van der Waals surface area contributed by atoms with Gasteiger partial charge in [-0.2, -0.15) is 0 Å². The van der Waals surface area contributed by atoms with Gasteiger partial charge < -0.3 is 20.4 Å². The number of hydrogen-bond donors (Lipinski definition) is 2. The van der Waals surface area contributed by atoms with Gasteiger partial charge in [0.05, 0.1) is 0 Å². The summed E-state index contributed by atoms with van der Waals surface area (Å²) in [5.74, 6) is 1.17. The molecule has 0 bridgehead atoms. The fourth-order valence-corrected chi connectivity index (χ4v) is 3.36. The molecule has 1 aliphatic heterocycles. The lowest BCUT2D eigenvalue weighted by molar-refractivity contribution is -0.130. The number of aliphatic imine (C=N–C) groups is 1. The fraction of sp³-hybridized carbons (Fsp3) is 0.636. The molecule has 0 aromatic heterocycles. The van der Waals surface area contributed by atoms with Crippen molar-refractivity contribution in [3.63, 3.8) is 0 Å². The maximum Gasteiger partial charge on any atom is 0.222 e.